The zero-order chi connectivity index (χ0) is 19.2. The van der Waals surface area contributed by atoms with E-state index < -0.39 is 10.0 Å². The van der Waals surface area contributed by atoms with Crippen molar-refractivity contribution < 1.29 is 17.9 Å². The minimum atomic E-state index is -3.64. The second kappa shape index (κ2) is 9.47. The van der Waals surface area contributed by atoms with Gasteiger partial charge in [-0.3, -0.25) is 4.79 Å². The van der Waals surface area contributed by atoms with E-state index in [-0.39, 0.29) is 22.5 Å². The Balaban J connectivity index is 2.09. The summed E-state index contributed by atoms with van der Waals surface area (Å²) in [5.74, 6) is -0.202. The number of carbonyl (C=O) groups excluding carboxylic acids is 1. The maximum absolute atomic E-state index is 12.7. The quantitative estimate of drug-likeness (QED) is 0.585. The predicted molar refractivity (Wildman–Crippen MR) is 104 cm³/mol. The number of hydrogen-bond acceptors (Lipinski definition) is 5. The number of halogens is 1. The molecule has 1 aromatic rings. The zero-order valence-corrected chi connectivity index (χ0v) is 16.6. The molecule has 8 nitrogen and oxygen atoms in total. The van der Waals surface area contributed by atoms with Crippen LogP contribution >= 0.6 is 23.8 Å². The van der Waals surface area contributed by atoms with Crippen molar-refractivity contribution in [2.75, 3.05) is 44.7 Å². The Kier molecular flexibility index (Phi) is 7.59. The topological polar surface area (TPSA) is 99.8 Å². The van der Waals surface area contributed by atoms with Crippen LogP contribution < -0.4 is 16.0 Å². The van der Waals surface area contributed by atoms with Gasteiger partial charge < -0.3 is 20.7 Å². The first-order valence-corrected chi connectivity index (χ1v) is 10.3. The Morgan fingerprint density at radius 3 is 2.65 bits per heavy atom. The van der Waals surface area contributed by atoms with Crippen LogP contribution in [-0.4, -0.2) is 63.1 Å². The number of thiocarbonyl (C=S) groups is 1. The molecule has 3 N–H and O–H groups in total. The van der Waals surface area contributed by atoms with Gasteiger partial charge in [0.1, 0.15) is 0 Å². The average Bonchev–Trinajstić information content (AvgIpc) is 2.62. The highest BCUT2D eigenvalue weighted by molar-refractivity contribution is 7.89. The van der Waals surface area contributed by atoms with Crippen LogP contribution in [0.3, 0.4) is 0 Å². The molecule has 26 heavy (non-hydrogen) atoms. The molecule has 1 amide bonds. The monoisotopic (exact) mass is 420 g/mol. The molecule has 1 fully saturated rings. The van der Waals surface area contributed by atoms with Gasteiger partial charge in [0.25, 0.3) is 0 Å². The summed E-state index contributed by atoms with van der Waals surface area (Å²) < 4.78 is 32.0. The molecule has 11 heteroatoms. The summed E-state index contributed by atoms with van der Waals surface area (Å²) in [6.07, 6.45) is 0. The van der Waals surface area contributed by atoms with E-state index in [0.29, 0.717) is 43.6 Å². The Labute approximate surface area is 163 Å². The second-order valence-corrected chi connectivity index (χ2v) is 8.17. The highest BCUT2D eigenvalue weighted by Crippen LogP contribution is 2.27. The lowest BCUT2D eigenvalue weighted by atomic mass is 10.3. The number of ether oxygens (including phenoxy) is 1. The van der Waals surface area contributed by atoms with Gasteiger partial charge in [-0.15, -0.1) is 0 Å². The molecule has 1 aliphatic heterocycles. The van der Waals surface area contributed by atoms with Crippen LogP contribution in [0.15, 0.2) is 23.1 Å². The van der Waals surface area contributed by atoms with E-state index in [0.717, 1.165) is 0 Å². The van der Waals surface area contributed by atoms with Gasteiger partial charge >= 0.3 is 0 Å². The summed E-state index contributed by atoms with van der Waals surface area (Å²) in [5.41, 5.74) is 0.342. The number of morpholine rings is 1. The van der Waals surface area contributed by atoms with Crippen LogP contribution in [0.4, 0.5) is 5.69 Å². The van der Waals surface area contributed by atoms with Crippen molar-refractivity contribution in [3.63, 3.8) is 0 Å². The van der Waals surface area contributed by atoms with Crippen molar-refractivity contribution in [3.05, 3.63) is 23.2 Å². The minimum absolute atomic E-state index is 0.00304. The van der Waals surface area contributed by atoms with Gasteiger partial charge in [-0.25, -0.2) is 8.42 Å². The van der Waals surface area contributed by atoms with E-state index in [1.165, 1.54) is 22.5 Å². The van der Waals surface area contributed by atoms with Crippen molar-refractivity contribution in [2.45, 2.75) is 11.8 Å². The zero-order valence-electron chi connectivity index (χ0n) is 14.2. The molecule has 144 valence electrons. The predicted octanol–water partition coefficient (Wildman–Crippen LogP) is 0.783. The molecule has 0 spiro atoms. The number of nitrogens with zero attached hydrogens (tertiary/aromatic N) is 1. The number of nitrogens with one attached hydrogen (secondary N) is 3. The number of amides is 1. The summed E-state index contributed by atoms with van der Waals surface area (Å²) in [6, 6.07) is 4.36. The van der Waals surface area contributed by atoms with E-state index in [2.05, 4.69) is 16.0 Å². The lowest BCUT2D eigenvalue weighted by Gasteiger charge is -2.26. The van der Waals surface area contributed by atoms with Gasteiger partial charge in [0.2, 0.25) is 15.9 Å². The fourth-order valence-corrected chi connectivity index (χ4v) is 4.07. The minimum Gasteiger partial charge on any atom is -0.379 e. The summed E-state index contributed by atoms with van der Waals surface area (Å²) in [5, 5.41) is 8.67. The summed E-state index contributed by atoms with van der Waals surface area (Å²) >= 11 is 11.3. The highest BCUT2D eigenvalue weighted by atomic mass is 35.5. The Morgan fingerprint density at radius 2 is 2.00 bits per heavy atom. The highest BCUT2D eigenvalue weighted by Gasteiger charge is 2.27. The molecule has 1 aromatic carbocycles. The molecule has 0 radical (unpaired) electrons. The second-order valence-electron chi connectivity index (χ2n) is 5.42. The first-order chi connectivity index (χ1) is 12.3. The summed E-state index contributed by atoms with van der Waals surface area (Å²) in [7, 11) is -3.64. The van der Waals surface area contributed by atoms with Crippen LogP contribution in [0.25, 0.3) is 0 Å². The number of hydrogen-bond donors (Lipinski definition) is 3. The molecule has 0 aliphatic carbocycles. The maximum Gasteiger partial charge on any atom is 0.243 e. The largest absolute Gasteiger partial charge is 0.379 e. The lowest BCUT2D eigenvalue weighted by molar-refractivity contribution is -0.119. The fourth-order valence-electron chi connectivity index (χ4n) is 2.28. The summed E-state index contributed by atoms with van der Waals surface area (Å²) in [6.45, 7) is 3.68. The molecule has 0 bridgehead atoms. The van der Waals surface area contributed by atoms with Crippen molar-refractivity contribution in [3.8, 4) is 0 Å². The molecule has 0 aromatic heterocycles. The van der Waals surface area contributed by atoms with Gasteiger partial charge in [0.15, 0.2) is 5.11 Å². The Bertz CT molecular complexity index is 767. The standard InChI is InChI=1S/C15H21ClN4O4S2/c1-2-17-14(21)10-18-15(25)19-13-9-11(3-4-12(13)16)26(22,23)20-5-7-24-8-6-20/h3-4,9H,2,5-8,10H2,1H3,(H,17,21)(H2,18,19,25). The Morgan fingerprint density at radius 1 is 1.31 bits per heavy atom. The van der Waals surface area contributed by atoms with Crippen molar-refractivity contribution in [1.82, 2.24) is 14.9 Å². The third-order valence-corrected chi connectivity index (χ3v) is 6.05. The van der Waals surface area contributed by atoms with Crippen LogP contribution in [0, 0.1) is 0 Å². The molecule has 1 heterocycles. The Hall–Kier alpha value is -1.46. The number of carbonyl (C=O) groups is 1. The average molecular weight is 421 g/mol. The first kappa shape index (κ1) is 20.8. The number of sulfonamides is 1. The van der Waals surface area contributed by atoms with Crippen LogP contribution in [0.2, 0.25) is 5.02 Å². The van der Waals surface area contributed by atoms with Crippen molar-refractivity contribution in [1.29, 1.82) is 0 Å². The van der Waals surface area contributed by atoms with Crippen LogP contribution in [0.5, 0.6) is 0 Å². The maximum atomic E-state index is 12.7. The van der Waals surface area contributed by atoms with Gasteiger partial charge in [-0.05, 0) is 37.3 Å². The van der Waals surface area contributed by atoms with E-state index in [1.807, 2.05) is 6.92 Å². The molecule has 0 unspecified atom stereocenters. The fraction of sp³-hybridized carbons (Fsp3) is 0.467. The van der Waals surface area contributed by atoms with E-state index >= 15 is 0 Å². The van der Waals surface area contributed by atoms with Crippen LogP contribution in [-0.2, 0) is 19.6 Å². The lowest BCUT2D eigenvalue weighted by Crippen LogP contribution is -2.40. The van der Waals surface area contributed by atoms with Crippen molar-refractivity contribution >= 4 is 50.5 Å². The van der Waals surface area contributed by atoms with Gasteiger partial charge in [-0.2, -0.15) is 4.31 Å². The third kappa shape index (κ3) is 5.52. The number of likely N-dealkylation sites (N-methyl/N-ethyl adjacent to an activating group) is 1. The van der Waals surface area contributed by atoms with Crippen LogP contribution in [0.1, 0.15) is 6.92 Å². The number of anilines is 1. The molecule has 2 rings (SSSR count). The van der Waals surface area contributed by atoms with Crippen molar-refractivity contribution in [2.24, 2.45) is 0 Å². The molecule has 1 aliphatic rings. The van der Waals surface area contributed by atoms with E-state index in [4.69, 9.17) is 28.6 Å². The number of benzene rings is 1. The molecule has 1 saturated heterocycles. The molecule has 0 saturated carbocycles. The van der Waals surface area contributed by atoms with Gasteiger partial charge in [0.05, 0.1) is 35.4 Å². The smallest absolute Gasteiger partial charge is 0.243 e. The van der Waals surface area contributed by atoms with Gasteiger partial charge in [0, 0.05) is 19.6 Å². The molecular weight excluding hydrogens is 400 g/mol. The SMILES string of the molecule is CCNC(=O)CNC(=S)Nc1cc(S(=O)(=O)N2CCOCC2)ccc1Cl. The van der Waals surface area contributed by atoms with E-state index in [1.54, 1.807) is 0 Å². The first-order valence-electron chi connectivity index (χ1n) is 8.03. The normalized spacial score (nSPS) is 15.3. The summed E-state index contributed by atoms with van der Waals surface area (Å²) in [4.78, 5) is 11.6. The van der Waals surface area contributed by atoms with Gasteiger partial charge in [-0.1, -0.05) is 11.6 Å². The van der Waals surface area contributed by atoms with E-state index in [9.17, 15) is 13.2 Å². The molecule has 0 atom stereocenters. The molecular formula is C15H21ClN4O4S2. The third-order valence-electron chi connectivity index (χ3n) is 3.58. The number of rotatable bonds is 6.